The molecule has 2 aromatic heterocycles. The molecule has 4 N–H and O–H groups in total. The summed E-state index contributed by atoms with van der Waals surface area (Å²) in [6.07, 6.45) is -0.652. The maximum Gasteiger partial charge on any atom is 0.416 e. The number of nitrogens with zero attached hydrogens (tertiary/aromatic N) is 2. The van der Waals surface area contributed by atoms with Crippen molar-refractivity contribution in [3.63, 3.8) is 0 Å². The van der Waals surface area contributed by atoms with Crippen LogP contribution >= 0.6 is 0 Å². The van der Waals surface area contributed by atoms with Gasteiger partial charge in [-0.15, -0.1) is 0 Å². The number of alkyl halides is 3. The lowest BCUT2D eigenvalue weighted by atomic mass is 9.85. The summed E-state index contributed by atoms with van der Waals surface area (Å²) >= 11 is 0. The van der Waals surface area contributed by atoms with Crippen molar-refractivity contribution in [2.45, 2.75) is 38.1 Å². The number of phenolic OH excluding ortho intramolecular Hbond substituents is 2. The van der Waals surface area contributed by atoms with Crippen LogP contribution in [0.2, 0.25) is 0 Å². The van der Waals surface area contributed by atoms with Gasteiger partial charge in [0.25, 0.3) is 0 Å². The molecular formula is C38H35F3N4O2. The second kappa shape index (κ2) is 13.4. The van der Waals surface area contributed by atoms with E-state index in [1.165, 1.54) is 12.1 Å². The number of phenols is 2. The minimum Gasteiger partial charge on any atom is -0.505 e. The van der Waals surface area contributed by atoms with Crippen LogP contribution in [0, 0.1) is 5.92 Å². The highest BCUT2D eigenvalue weighted by molar-refractivity contribution is 5.89. The smallest absolute Gasteiger partial charge is 0.416 e. The number of nitrogens with one attached hydrogen (secondary N) is 2. The highest BCUT2D eigenvalue weighted by Gasteiger charge is 2.31. The van der Waals surface area contributed by atoms with Crippen LogP contribution in [0.25, 0.3) is 21.8 Å². The fraction of sp³-hybridized carbons (Fsp3) is 0.211. The molecule has 0 aliphatic rings. The highest BCUT2D eigenvalue weighted by Crippen LogP contribution is 2.41. The molecule has 0 aliphatic carbocycles. The molecule has 47 heavy (non-hydrogen) atoms. The second-order valence-corrected chi connectivity index (χ2v) is 11.8. The fourth-order valence-corrected chi connectivity index (χ4v) is 6.38. The lowest BCUT2D eigenvalue weighted by molar-refractivity contribution is -0.137. The molecule has 0 spiro atoms. The standard InChI is InChI=1S/C38H35F3N4O2/c1-23(32(45-22-24-8-4-3-5-9-24)30-17-14-25-10-6-18-43-34(25)36(30)46)20-27-21-31(37(47)35-29(27)11-7-19-44-35)33(42-2)26-12-15-28(16-13-26)38(39,40)41/h3-19,21,23,32-33,42,45-47H,20,22H2,1-2H3. The average Bonchev–Trinajstić information content (AvgIpc) is 3.08. The van der Waals surface area contributed by atoms with Crippen molar-refractivity contribution in [1.29, 1.82) is 0 Å². The zero-order valence-electron chi connectivity index (χ0n) is 26.0. The van der Waals surface area contributed by atoms with Crippen LogP contribution in [0.3, 0.4) is 0 Å². The lowest BCUT2D eigenvalue weighted by Crippen LogP contribution is -2.28. The number of aromatic hydroxyl groups is 2. The molecule has 6 nitrogen and oxygen atoms in total. The maximum atomic E-state index is 13.3. The quantitative estimate of drug-likeness (QED) is 0.121. The largest absolute Gasteiger partial charge is 0.505 e. The Hall–Kier alpha value is -4.99. The van der Waals surface area contributed by atoms with E-state index in [-0.39, 0.29) is 23.5 Å². The molecule has 6 rings (SSSR count). The van der Waals surface area contributed by atoms with Crippen molar-refractivity contribution in [2.24, 2.45) is 5.92 Å². The SMILES string of the molecule is CNC(c1ccc(C(F)(F)F)cc1)c1cc(CC(C)C(NCc2ccccc2)c2ccc3cccnc3c2O)c2cccnc2c1O. The molecule has 240 valence electrons. The third kappa shape index (κ3) is 6.63. The molecule has 3 unspecified atom stereocenters. The number of pyridine rings is 2. The molecule has 4 aromatic carbocycles. The van der Waals surface area contributed by atoms with E-state index in [1.807, 2.05) is 72.8 Å². The van der Waals surface area contributed by atoms with Gasteiger partial charge in [-0.25, -0.2) is 0 Å². The Labute approximate surface area is 271 Å². The van der Waals surface area contributed by atoms with E-state index in [4.69, 9.17) is 0 Å². The van der Waals surface area contributed by atoms with E-state index in [9.17, 15) is 23.4 Å². The van der Waals surface area contributed by atoms with Gasteiger partial charge in [0.2, 0.25) is 0 Å². The van der Waals surface area contributed by atoms with Crippen molar-refractivity contribution in [1.82, 2.24) is 20.6 Å². The van der Waals surface area contributed by atoms with Gasteiger partial charge in [-0.3, -0.25) is 9.97 Å². The van der Waals surface area contributed by atoms with Crippen LogP contribution in [0.15, 0.2) is 109 Å². The average molecular weight is 637 g/mol. The maximum absolute atomic E-state index is 13.3. The Morgan fingerprint density at radius 1 is 0.766 bits per heavy atom. The van der Waals surface area contributed by atoms with Gasteiger partial charge < -0.3 is 20.8 Å². The molecule has 0 fully saturated rings. The molecule has 0 bridgehead atoms. The molecule has 2 heterocycles. The molecule has 6 aromatic rings. The minimum atomic E-state index is -4.45. The summed E-state index contributed by atoms with van der Waals surface area (Å²) in [7, 11) is 1.70. The number of aromatic nitrogens is 2. The van der Waals surface area contributed by atoms with Crippen LogP contribution in [0.1, 0.15) is 52.4 Å². The molecular weight excluding hydrogens is 601 g/mol. The van der Waals surface area contributed by atoms with Crippen molar-refractivity contribution in [3.8, 4) is 11.5 Å². The topological polar surface area (TPSA) is 90.3 Å². The van der Waals surface area contributed by atoms with Gasteiger partial charge in [0.15, 0.2) is 0 Å². The Balaban J connectivity index is 1.41. The summed E-state index contributed by atoms with van der Waals surface area (Å²) in [5, 5.41) is 31.4. The van der Waals surface area contributed by atoms with Crippen LogP contribution in [-0.2, 0) is 19.1 Å². The van der Waals surface area contributed by atoms with Gasteiger partial charge in [0.05, 0.1) is 11.6 Å². The lowest BCUT2D eigenvalue weighted by Gasteiger charge is -2.28. The van der Waals surface area contributed by atoms with Crippen molar-refractivity contribution in [3.05, 3.63) is 143 Å². The van der Waals surface area contributed by atoms with Crippen LogP contribution in [-0.4, -0.2) is 27.2 Å². The normalized spacial score (nSPS) is 13.9. The summed E-state index contributed by atoms with van der Waals surface area (Å²) in [6.45, 7) is 2.67. The number of fused-ring (bicyclic) bond motifs is 2. The van der Waals surface area contributed by atoms with Crippen LogP contribution in [0.5, 0.6) is 11.5 Å². The van der Waals surface area contributed by atoms with Crippen LogP contribution < -0.4 is 10.6 Å². The van der Waals surface area contributed by atoms with Crippen molar-refractivity contribution < 1.29 is 23.4 Å². The minimum absolute atomic E-state index is 0.0340. The Morgan fingerprint density at radius 2 is 1.45 bits per heavy atom. The number of rotatable bonds is 10. The second-order valence-electron chi connectivity index (χ2n) is 11.8. The van der Waals surface area contributed by atoms with E-state index >= 15 is 0 Å². The fourth-order valence-electron chi connectivity index (χ4n) is 6.38. The Kier molecular flexibility index (Phi) is 9.11. The molecule has 0 saturated heterocycles. The molecule has 0 aliphatic heterocycles. The number of halogens is 3. The van der Waals surface area contributed by atoms with Gasteiger partial charge >= 0.3 is 6.18 Å². The third-order valence-electron chi connectivity index (χ3n) is 8.75. The zero-order valence-corrected chi connectivity index (χ0v) is 26.0. The number of hydrogen-bond donors (Lipinski definition) is 4. The third-order valence-corrected chi connectivity index (χ3v) is 8.75. The Bertz CT molecular complexity index is 2000. The van der Waals surface area contributed by atoms with Crippen molar-refractivity contribution >= 4 is 21.8 Å². The summed E-state index contributed by atoms with van der Waals surface area (Å²) in [5.41, 5.74) is 4.00. The number of benzene rings is 4. The summed E-state index contributed by atoms with van der Waals surface area (Å²) in [5.74, 6) is 0.00918. The van der Waals surface area contributed by atoms with E-state index in [0.29, 0.717) is 35.1 Å². The van der Waals surface area contributed by atoms with Gasteiger partial charge in [-0.05, 0) is 66.4 Å². The van der Waals surface area contributed by atoms with Crippen molar-refractivity contribution in [2.75, 3.05) is 7.05 Å². The monoisotopic (exact) mass is 636 g/mol. The first kappa shape index (κ1) is 32.0. The highest BCUT2D eigenvalue weighted by atomic mass is 19.4. The summed E-state index contributed by atoms with van der Waals surface area (Å²) in [6, 6.07) is 27.3. The molecule has 0 saturated carbocycles. The first-order chi connectivity index (χ1) is 22.7. The van der Waals surface area contributed by atoms with Crippen LogP contribution in [0.4, 0.5) is 13.2 Å². The van der Waals surface area contributed by atoms with Gasteiger partial charge in [0.1, 0.15) is 22.5 Å². The predicted molar refractivity (Wildman–Crippen MR) is 178 cm³/mol. The number of hydrogen-bond acceptors (Lipinski definition) is 6. The summed E-state index contributed by atoms with van der Waals surface area (Å²) in [4.78, 5) is 8.94. The van der Waals surface area contributed by atoms with E-state index in [2.05, 4.69) is 27.5 Å². The Morgan fingerprint density at radius 3 is 2.15 bits per heavy atom. The first-order valence-electron chi connectivity index (χ1n) is 15.4. The van der Waals surface area contributed by atoms with E-state index < -0.39 is 17.8 Å². The van der Waals surface area contributed by atoms with Gasteiger partial charge in [-0.2, -0.15) is 13.2 Å². The van der Waals surface area contributed by atoms with E-state index in [1.54, 1.807) is 19.4 Å². The zero-order chi connectivity index (χ0) is 33.1. The molecule has 9 heteroatoms. The molecule has 0 amide bonds. The first-order valence-corrected chi connectivity index (χ1v) is 15.4. The van der Waals surface area contributed by atoms with E-state index in [0.717, 1.165) is 39.6 Å². The van der Waals surface area contributed by atoms with Gasteiger partial charge in [-0.1, -0.05) is 73.7 Å². The summed E-state index contributed by atoms with van der Waals surface area (Å²) < 4.78 is 39.9. The molecule has 3 atom stereocenters. The predicted octanol–water partition coefficient (Wildman–Crippen LogP) is 8.23. The van der Waals surface area contributed by atoms with Gasteiger partial charge in [0, 0.05) is 46.9 Å². The molecule has 0 radical (unpaired) electrons.